The molecule has 3 amide bonds. The van der Waals surface area contributed by atoms with E-state index in [0.717, 1.165) is 0 Å². The van der Waals surface area contributed by atoms with Crippen molar-refractivity contribution in [2.24, 2.45) is 11.3 Å². The van der Waals surface area contributed by atoms with Gasteiger partial charge in [-0.2, -0.15) is 13.2 Å². The Bertz CT molecular complexity index is 1360. The Morgan fingerprint density at radius 2 is 1.55 bits per heavy atom. The number of carbonyl (C=O) groups excluding carboxylic acids is 4. The summed E-state index contributed by atoms with van der Waals surface area (Å²) in [5.41, 5.74) is 0.648. The lowest BCUT2D eigenvalue weighted by Gasteiger charge is -2.46. The summed E-state index contributed by atoms with van der Waals surface area (Å²) < 4.78 is 46.6. The van der Waals surface area contributed by atoms with Crippen molar-refractivity contribution in [3.05, 3.63) is 78.0 Å². The first-order valence-corrected chi connectivity index (χ1v) is 16.7. The first-order chi connectivity index (χ1) is 20.5. The lowest BCUT2D eigenvalue weighted by atomic mass is 9.75. The van der Waals surface area contributed by atoms with Crippen LogP contribution < -0.4 is 5.32 Å². The van der Waals surface area contributed by atoms with Crippen LogP contribution in [0, 0.1) is 11.3 Å². The Morgan fingerprint density at radius 1 is 0.977 bits per heavy atom. The molecule has 3 atom stereocenters. The van der Waals surface area contributed by atoms with Crippen molar-refractivity contribution in [2.75, 3.05) is 13.2 Å². The van der Waals surface area contributed by atoms with Gasteiger partial charge in [-0.05, 0) is 29.6 Å². The predicted octanol–water partition coefficient (Wildman–Crippen LogP) is 4.83. The molecule has 0 spiro atoms. The van der Waals surface area contributed by atoms with Crippen LogP contribution in [0.25, 0.3) is 5.70 Å². The van der Waals surface area contributed by atoms with Gasteiger partial charge in [-0.3, -0.25) is 24.1 Å². The number of halogens is 3. The third-order valence-electron chi connectivity index (χ3n) is 7.36. The molecule has 3 rings (SSSR count). The van der Waals surface area contributed by atoms with Crippen LogP contribution in [0.1, 0.15) is 38.8 Å². The zero-order valence-electron chi connectivity index (χ0n) is 25.8. The molecule has 2 aromatic rings. The van der Waals surface area contributed by atoms with E-state index < -0.39 is 68.7 Å². The monoisotopic (exact) mass is 630 g/mol. The molecule has 1 aliphatic rings. The third-order valence-corrected chi connectivity index (χ3v) is 8.11. The maximum Gasteiger partial charge on any atom is 0.452 e. The summed E-state index contributed by atoms with van der Waals surface area (Å²) in [5, 5.41) is 2.23. The molecule has 237 valence electrons. The van der Waals surface area contributed by atoms with Gasteiger partial charge in [-0.25, -0.2) is 0 Å². The number of rotatable bonds is 11. The van der Waals surface area contributed by atoms with Gasteiger partial charge < -0.3 is 14.6 Å². The van der Waals surface area contributed by atoms with Crippen LogP contribution in [-0.2, 0) is 30.0 Å². The molecule has 1 radical (unpaired) electrons. The molecule has 0 aliphatic carbocycles. The third kappa shape index (κ3) is 8.88. The normalized spacial score (nSPS) is 17.3. The van der Waals surface area contributed by atoms with Gasteiger partial charge in [0.1, 0.15) is 18.6 Å². The van der Waals surface area contributed by atoms with Crippen molar-refractivity contribution >= 4 is 38.2 Å². The van der Waals surface area contributed by atoms with Gasteiger partial charge in [0.15, 0.2) is 0 Å². The zero-order valence-corrected chi connectivity index (χ0v) is 26.8. The van der Waals surface area contributed by atoms with Crippen molar-refractivity contribution in [1.82, 2.24) is 15.1 Å². The van der Waals surface area contributed by atoms with Crippen LogP contribution in [0.5, 0.6) is 0 Å². The summed E-state index contributed by atoms with van der Waals surface area (Å²) in [6, 6.07) is 13.7. The number of Topliss-reactive ketones (excluding diaryl/α,β-unsaturated/α-hetero) is 1. The Balaban J connectivity index is 2.04. The molecule has 2 aromatic carbocycles. The van der Waals surface area contributed by atoms with Crippen LogP contribution in [0.15, 0.2) is 66.9 Å². The largest absolute Gasteiger partial charge is 0.452 e. The second kappa shape index (κ2) is 14.3. The SMILES string of the molecule is CC(=O)N1C=C(c2ccccc2)N(CC(=O)NC(Cc2ccccc2)C(=O)C(F)(F)F)C(=O)C1C(CO[Si](C)C)C(C)(C)C. The summed E-state index contributed by atoms with van der Waals surface area (Å²) in [7, 11) is -1.16. The topological polar surface area (TPSA) is 96.0 Å². The number of benzene rings is 2. The Morgan fingerprint density at radius 3 is 2.05 bits per heavy atom. The second-order valence-electron chi connectivity index (χ2n) is 12.0. The molecule has 3 unspecified atom stereocenters. The van der Waals surface area contributed by atoms with E-state index in [-0.39, 0.29) is 18.7 Å². The Hall–Kier alpha value is -3.77. The van der Waals surface area contributed by atoms with E-state index in [9.17, 15) is 32.3 Å². The number of alkyl halides is 3. The van der Waals surface area contributed by atoms with Gasteiger partial charge in [0, 0.05) is 32.1 Å². The van der Waals surface area contributed by atoms with Crippen molar-refractivity contribution < 1.29 is 36.8 Å². The number of nitrogens with one attached hydrogen (secondary N) is 1. The molecule has 0 aromatic heterocycles. The molecule has 0 saturated heterocycles. The molecule has 8 nitrogen and oxygen atoms in total. The molecule has 1 N–H and O–H groups in total. The first-order valence-electron chi connectivity index (χ1n) is 14.3. The minimum Gasteiger partial charge on any atom is -0.417 e. The van der Waals surface area contributed by atoms with Crippen LogP contribution in [0.2, 0.25) is 13.1 Å². The lowest BCUT2D eigenvalue weighted by molar-refractivity contribution is -0.173. The molecule has 1 heterocycles. The number of nitrogens with zero attached hydrogens (tertiary/aromatic N) is 2. The number of hydrogen-bond donors (Lipinski definition) is 1. The van der Waals surface area contributed by atoms with Gasteiger partial charge in [0.05, 0.1) is 5.70 Å². The maximum absolute atomic E-state index is 14.4. The molecular formula is C32H39F3N3O5Si. The summed E-state index contributed by atoms with van der Waals surface area (Å²) >= 11 is 0. The second-order valence-corrected chi connectivity index (χ2v) is 14.1. The van der Waals surface area contributed by atoms with Gasteiger partial charge in [-0.15, -0.1) is 0 Å². The van der Waals surface area contributed by atoms with Gasteiger partial charge in [-0.1, -0.05) is 81.4 Å². The van der Waals surface area contributed by atoms with E-state index in [2.05, 4.69) is 5.32 Å². The number of amides is 3. The van der Waals surface area contributed by atoms with Crippen molar-refractivity contribution in [1.29, 1.82) is 0 Å². The van der Waals surface area contributed by atoms with Crippen LogP contribution in [0.4, 0.5) is 13.2 Å². The van der Waals surface area contributed by atoms with Crippen molar-refractivity contribution in [3.63, 3.8) is 0 Å². The van der Waals surface area contributed by atoms with E-state index in [1.807, 2.05) is 33.9 Å². The highest BCUT2D eigenvalue weighted by molar-refractivity contribution is 6.48. The average molecular weight is 631 g/mol. The van der Waals surface area contributed by atoms with Crippen LogP contribution in [-0.4, -0.2) is 73.8 Å². The summed E-state index contributed by atoms with van der Waals surface area (Å²) in [6.07, 6.45) is -4.07. The summed E-state index contributed by atoms with van der Waals surface area (Å²) in [4.78, 5) is 55.6. The fourth-order valence-corrected chi connectivity index (χ4v) is 5.56. The van der Waals surface area contributed by atoms with Crippen LogP contribution in [0.3, 0.4) is 0 Å². The molecular weight excluding hydrogens is 591 g/mol. The van der Waals surface area contributed by atoms with Gasteiger partial charge in [0.25, 0.3) is 11.7 Å². The molecule has 12 heteroatoms. The van der Waals surface area contributed by atoms with E-state index in [0.29, 0.717) is 11.1 Å². The maximum atomic E-state index is 14.4. The zero-order chi connectivity index (χ0) is 32.8. The quantitative estimate of drug-likeness (QED) is 0.359. The highest BCUT2D eigenvalue weighted by Crippen LogP contribution is 2.37. The predicted molar refractivity (Wildman–Crippen MR) is 162 cm³/mol. The van der Waals surface area contributed by atoms with E-state index >= 15 is 0 Å². The minimum atomic E-state index is -5.19. The lowest BCUT2D eigenvalue weighted by Crippen LogP contribution is -2.60. The fraction of sp³-hybridized carbons (Fsp3) is 0.438. The smallest absolute Gasteiger partial charge is 0.417 e. The standard InChI is InChI=1S/C32H39F3N3O5Si/c1-21(39)37-18-26(23-15-11-8-12-16-23)38(30(42)28(37)24(31(2,3)4)20-43-44(5)6)19-27(40)36-25(29(41)32(33,34)35)17-22-13-9-7-10-14-22/h7-16,18,24-25,28H,17,19-20H2,1-6H3,(H,36,40). The average Bonchev–Trinajstić information content (AvgIpc) is 2.93. The Labute approximate surface area is 258 Å². The number of ketones is 1. The van der Waals surface area contributed by atoms with Crippen molar-refractivity contribution in [3.8, 4) is 0 Å². The highest BCUT2D eigenvalue weighted by atomic mass is 28.3. The van der Waals surface area contributed by atoms with Gasteiger partial charge in [0.2, 0.25) is 20.9 Å². The van der Waals surface area contributed by atoms with Gasteiger partial charge >= 0.3 is 6.18 Å². The number of hydrogen-bond acceptors (Lipinski definition) is 5. The molecule has 44 heavy (non-hydrogen) atoms. The highest BCUT2D eigenvalue weighted by Gasteiger charge is 2.48. The van der Waals surface area contributed by atoms with E-state index in [1.165, 1.54) is 22.9 Å². The number of carbonyl (C=O) groups is 4. The van der Waals surface area contributed by atoms with Crippen LogP contribution >= 0.6 is 0 Å². The minimum absolute atomic E-state index is 0.179. The molecule has 1 aliphatic heterocycles. The fourth-order valence-electron chi connectivity index (χ4n) is 5.05. The summed E-state index contributed by atoms with van der Waals surface area (Å²) in [5.74, 6) is -4.52. The first kappa shape index (κ1) is 34.7. The van der Waals surface area contributed by atoms with E-state index in [1.54, 1.807) is 60.7 Å². The summed E-state index contributed by atoms with van der Waals surface area (Å²) in [6.45, 7) is 10.5. The Kier molecular flexibility index (Phi) is 11.3. The van der Waals surface area contributed by atoms with E-state index in [4.69, 9.17) is 4.43 Å². The van der Waals surface area contributed by atoms with Crippen molar-refractivity contribution in [2.45, 2.75) is 65.5 Å². The molecule has 0 fully saturated rings. The molecule has 0 bridgehead atoms. The molecule has 0 saturated carbocycles.